The summed E-state index contributed by atoms with van der Waals surface area (Å²) in [4.78, 5) is 0. The molecule has 0 spiro atoms. The maximum absolute atomic E-state index is 9.08. The van der Waals surface area contributed by atoms with Crippen LogP contribution in [0.2, 0.25) is 0 Å². The smallest absolute Gasteiger partial charge is 0.102 e. The number of aliphatic hydroxyl groups is 1. The number of nitrogens with zero attached hydrogens (tertiary/aromatic N) is 2. The van der Waals surface area contributed by atoms with Crippen LogP contribution < -0.4 is 0 Å². The van der Waals surface area contributed by atoms with E-state index in [0.29, 0.717) is 5.69 Å². The summed E-state index contributed by atoms with van der Waals surface area (Å²) in [5.41, 5.74) is 4.07. The predicted octanol–water partition coefficient (Wildman–Crippen LogP) is 2.74. The average Bonchev–Trinajstić information content (AvgIpc) is 2.58. The molecule has 0 saturated heterocycles. The number of rotatable bonds is 2. The summed E-state index contributed by atoms with van der Waals surface area (Å²) in [5, 5.41) is 13.4. The largest absolute Gasteiger partial charge is 0.390 e. The molecule has 84 valence electrons. The zero-order valence-electron chi connectivity index (χ0n) is 9.24. The molecule has 1 aromatic heterocycles. The van der Waals surface area contributed by atoms with Crippen LogP contribution in [0, 0.1) is 13.8 Å². The number of hydrogen-bond donors (Lipinski definition) is 1. The van der Waals surface area contributed by atoms with E-state index in [9.17, 15) is 0 Å². The van der Waals surface area contributed by atoms with E-state index in [-0.39, 0.29) is 6.61 Å². The lowest BCUT2D eigenvalue weighted by Crippen LogP contribution is -1.97. The molecule has 0 bridgehead atoms. The summed E-state index contributed by atoms with van der Waals surface area (Å²) in [6.45, 7) is 4.06. The highest BCUT2D eigenvalue weighted by Crippen LogP contribution is 2.19. The van der Waals surface area contributed by atoms with Gasteiger partial charge in [0.15, 0.2) is 0 Å². The van der Waals surface area contributed by atoms with Crippen molar-refractivity contribution in [3.63, 3.8) is 0 Å². The predicted molar refractivity (Wildman–Crippen MR) is 66.7 cm³/mol. The van der Waals surface area contributed by atoms with Crippen LogP contribution in [0.4, 0.5) is 0 Å². The summed E-state index contributed by atoms with van der Waals surface area (Å²) in [5.74, 6) is 0. The van der Waals surface area contributed by atoms with E-state index in [2.05, 4.69) is 53.1 Å². The molecule has 16 heavy (non-hydrogen) atoms. The van der Waals surface area contributed by atoms with Gasteiger partial charge in [-0.3, -0.25) is 0 Å². The highest BCUT2D eigenvalue weighted by Gasteiger charge is 2.07. The van der Waals surface area contributed by atoms with Gasteiger partial charge in [0.1, 0.15) is 5.69 Å². The van der Waals surface area contributed by atoms with Gasteiger partial charge in [-0.05, 0) is 53.0 Å². The molecule has 3 nitrogen and oxygen atoms in total. The highest BCUT2D eigenvalue weighted by molar-refractivity contribution is 9.10. The van der Waals surface area contributed by atoms with Crippen LogP contribution in [0.25, 0.3) is 5.69 Å². The topological polar surface area (TPSA) is 38.0 Å². The Bertz CT molecular complexity index is 499. The van der Waals surface area contributed by atoms with E-state index >= 15 is 0 Å². The van der Waals surface area contributed by atoms with Gasteiger partial charge in [0, 0.05) is 6.20 Å². The fraction of sp³-hybridized carbons (Fsp3) is 0.250. The molecule has 0 radical (unpaired) electrons. The second kappa shape index (κ2) is 4.39. The van der Waals surface area contributed by atoms with Gasteiger partial charge < -0.3 is 5.11 Å². The van der Waals surface area contributed by atoms with Crippen molar-refractivity contribution in [2.45, 2.75) is 20.5 Å². The Morgan fingerprint density at radius 3 is 2.38 bits per heavy atom. The molecule has 2 rings (SSSR count). The van der Waals surface area contributed by atoms with Crippen molar-refractivity contribution in [3.8, 4) is 5.69 Å². The van der Waals surface area contributed by atoms with Crippen LogP contribution >= 0.6 is 15.9 Å². The minimum Gasteiger partial charge on any atom is -0.390 e. The standard InChI is InChI=1S/C12H13BrN2O/c1-8-3-9(2)5-10(4-8)15-6-11(13)12(7-16)14-15/h3-6,16H,7H2,1-2H3. The van der Waals surface area contributed by atoms with E-state index in [4.69, 9.17) is 5.11 Å². The molecule has 0 unspecified atom stereocenters. The summed E-state index contributed by atoms with van der Waals surface area (Å²) < 4.78 is 2.60. The molecule has 0 aliphatic carbocycles. The van der Waals surface area contributed by atoms with Gasteiger partial charge in [0.05, 0.1) is 16.8 Å². The minimum atomic E-state index is -0.0572. The number of halogens is 1. The third kappa shape index (κ3) is 2.18. The molecule has 1 N–H and O–H groups in total. The van der Waals surface area contributed by atoms with E-state index in [1.165, 1.54) is 11.1 Å². The van der Waals surface area contributed by atoms with Gasteiger partial charge >= 0.3 is 0 Å². The molecule has 2 aromatic rings. The normalized spacial score (nSPS) is 10.8. The zero-order valence-corrected chi connectivity index (χ0v) is 10.8. The summed E-state index contributed by atoms with van der Waals surface area (Å²) >= 11 is 3.37. The Morgan fingerprint density at radius 1 is 1.25 bits per heavy atom. The van der Waals surface area contributed by atoms with Crippen molar-refractivity contribution in [2.24, 2.45) is 0 Å². The van der Waals surface area contributed by atoms with Gasteiger partial charge in [-0.25, -0.2) is 4.68 Å². The molecule has 1 aromatic carbocycles. The monoisotopic (exact) mass is 280 g/mol. The molecule has 0 fully saturated rings. The van der Waals surface area contributed by atoms with Crippen molar-refractivity contribution in [1.29, 1.82) is 0 Å². The van der Waals surface area contributed by atoms with Gasteiger partial charge in [0.25, 0.3) is 0 Å². The Hall–Kier alpha value is -1.13. The minimum absolute atomic E-state index is 0.0572. The molecule has 0 aliphatic rings. The number of aromatic nitrogens is 2. The maximum Gasteiger partial charge on any atom is 0.102 e. The van der Waals surface area contributed by atoms with Crippen molar-refractivity contribution in [1.82, 2.24) is 9.78 Å². The lowest BCUT2D eigenvalue weighted by Gasteiger charge is -2.04. The zero-order chi connectivity index (χ0) is 11.7. The number of hydrogen-bond acceptors (Lipinski definition) is 2. The first-order valence-corrected chi connectivity index (χ1v) is 5.83. The second-order valence-corrected chi connectivity index (χ2v) is 4.73. The van der Waals surface area contributed by atoms with Crippen molar-refractivity contribution >= 4 is 15.9 Å². The summed E-state index contributed by atoms with van der Waals surface area (Å²) in [7, 11) is 0. The maximum atomic E-state index is 9.08. The lowest BCUT2D eigenvalue weighted by atomic mass is 10.1. The Labute approximate surface area is 103 Å². The average molecular weight is 281 g/mol. The van der Waals surface area contributed by atoms with Crippen LogP contribution in [0.3, 0.4) is 0 Å². The van der Waals surface area contributed by atoms with Crippen LogP contribution in [0.1, 0.15) is 16.8 Å². The lowest BCUT2D eigenvalue weighted by molar-refractivity contribution is 0.275. The fourth-order valence-corrected chi connectivity index (χ4v) is 2.11. The number of aliphatic hydroxyl groups excluding tert-OH is 1. The first-order chi connectivity index (χ1) is 7.60. The van der Waals surface area contributed by atoms with Crippen LogP contribution in [-0.4, -0.2) is 14.9 Å². The molecule has 0 saturated carbocycles. The van der Waals surface area contributed by atoms with E-state index in [0.717, 1.165) is 10.2 Å². The number of benzene rings is 1. The molecular formula is C12H13BrN2O. The van der Waals surface area contributed by atoms with Gasteiger partial charge in [-0.2, -0.15) is 5.10 Å². The first kappa shape index (κ1) is 11.4. The van der Waals surface area contributed by atoms with E-state index < -0.39 is 0 Å². The Morgan fingerprint density at radius 2 is 1.88 bits per heavy atom. The first-order valence-electron chi connectivity index (χ1n) is 5.03. The molecule has 1 heterocycles. The van der Waals surface area contributed by atoms with Gasteiger partial charge in [-0.1, -0.05) is 6.07 Å². The molecule has 0 amide bonds. The van der Waals surface area contributed by atoms with Crippen LogP contribution in [0.15, 0.2) is 28.9 Å². The number of aryl methyl sites for hydroxylation is 2. The molecule has 4 heteroatoms. The Kier molecular flexibility index (Phi) is 3.12. The van der Waals surface area contributed by atoms with Crippen molar-refractivity contribution < 1.29 is 5.11 Å². The van der Waals surface area contributed by atoms with Crippen LogP contribution in [-0.2, 0) is 6.61 Å². The summed E-state index contributed by atoms with van der Waals surface area (Å²) in [6, 6.07) is 6.25. The van der Waals surface area contributed by atoms with Crippen molar-refractivity contribution in [2.75, 3.05) is 0 Å². The van der Waals surface area contributed by atoms with Crippen LogP contribution in [0.5, 0.6) is 0 Å². The van der Waals surface area contributed by atoms with Crippen molar-refractivity contribution in [3.05, 3.63) is 45.7 Å². The Balaban J connectivity index is 2.49. The fourth-order valence-electron chi connectivity index (χ4n) is 1.71. The van der Waals surface area contributed by atoms with E-state index in [1.54, 1.807) is 4.68 Å². The third-order valence-electron chi connectivity index (χ3n) is 2.36. The molecule has 0 atom stereocenters. The van der Waals surface area contributed by atoms with Gasteiger partial charge in [-0.15, -0.1) is 0 Å². The molecule has 0 aliphatic heterocycles. The SMILES string of the molecule is Cc1cc(C)cc(-n2cc(Br)c(CO)n2)c1. The third-order valence-corrected chi connectivity index (χ3v) is 3.02. The summed E-state index contributed by atoms with van der Waals surface area (Å²) in [6.07, 6.45) is 1.86. The van der Waals surface area contributed by atoms with E-state index in [1.807, 2.05) is 6.20 Å². The molecular weight excluding hydrogens is 268 g/mol. The van der Waals surface area contributed by atoms with Gasteiger partial charge in [0.2, 0.25) is 0 Å². The highest BCUT2D eigenvalue weighted by atomic mass is 79.9. The quantitative estimate of drug-likeness (QED) is 0.919. The second-order valence-electron chi connectivity index (χ2n) is 3.87.